The highest BCUT2D eigenvalue weighted by atomic mass is 79.9. The van der Waals surface area contributed by atoms with E-state index in [1.165, 1.54) is 16.7 Å². The predicted molar refractivity (Wildman–Crippen MR) is 111 cm³/mol. The Labute approximate surface area is 161 Å². The fraction of sp³-hybridized carbons (Fsp3) is 0.150. The second kappa shape index (κ2) is 7.46. The molecule has 0 saturated heterocycles. The van der Waals surface area contributed by atoms with Crippen molar-refractivity contribution in [2.75, 3.05) is 10.6 Å². The first-order chi connectivity index (χ1) is 11.9. The van der Waals surface area contributed by atoms with Crippen LogP contribution in [0.2, 0.25) is 5.02 Å². The third kappa shape index (κ3) is 4.33. The van der Waals surface area contributed by atoms with E-state index in [1.54, 1.807) is 6.20 Å². The van der Waals surface area contributed by atoms with Crippen molar-refractivity contribution in [2.24, 2.45) is 0 Å². The van der Waals surface area contributed by atoms with E-state index < -0.39 is 0 Å². The molecule has 0 saturated carbocycles. The topological polar surface area (TPSA) is 37.0 Å². The Morgan fingerprint density at radius 1 is 0.920 bits per heavy atom. The number of aryl methyl sites for hydroxylation is 3. The Kier molecular flexibility index (Phi) is 5.30. The van der Waals surface area contributed by atoms with E-state index in [0.717, 1.165) is 27.4 Å². The second-order valence-corrected chi connectivity index (χ2v) is 7.37. The van der Waals surface area contributed by atoms with Crippen LogP contribution < -0.4 is 10.6 Å². The van der Waals surface area contributed by atoms with Gasteiger partial charge in [-0.15, -0.1) is 0 Å². The highest BCUT2D eigenvalue weighted by Gasteiger charge is 2.08. The summed E-state index contributed by atoms with van der Waals surface area (Å²) in [6, 6.07) is 13.9. The van der Waals surface area contributed by atoms with Crippen LogP contribution in [0.15, 0.2) is 53.1 Å². The summed E-state index contributed by atoms with van der Waals surface area (Å²) in [7, 11) is 0. The summed E-state index contributed by atoms with van der Waals surface area (Å²) in [6.07, 6.45) is 1.79. The zero-order chi connectivity index (χ0) is 18.0. The molecule has 0 aliphatic carbocycles. The summed E-state index contributed by atoms with van der Waals surface area (Å²) >= 11 is 9.51. The first kappa shape index (κ1) is 17.8. The standard InChI is InChI=1S/C20H19BrClN3/c1-12-8-13(2)20(14(3)9-12)25-18-10-19(23-11-17(18)21)24-16-6-4-15(22)5-7-16/h4-11H,1-3H3,(H2,23,24,25). The first-order valence-electron chi connectivity index (χ1n) is 7.95. The molecule has 2 N–H and O–H groups in total. The largest absolute Gasteiger partial charge is 0.354 e. The third-order valence-electron chi connectivity index (χ3n) is 3.91. The molecule has 5 heteroatoms. The highest BCUT2D eigenvalue weighted by molar-refractivity contribution is 9.10. The maximum atomic E-state index is 5.93. The number of benzene rings is 2. The number of pyridine rings is 1. The summed E-state index contributed by atoms with van der Waals surface area (Å²) < 4.78 is 0.911. The van der Waals surface area contributed by atoms with Crippen molar-refractivity contribution in [3.05, 3.63) is 74.8 Å². The normalized spacial score (nSPS) is 10.6. The van der Waals surface area contributed by atoms with Crippen molar-refractivity contribution < 1.29 is 0 Å². The van der Waals surface area contributed by atoms with Gasteiger partial charge in [-0.2, -0.15) is 0 Å². The smallest absolute Gasteiger partial charge is 0.132 e. The predicted octanol–water partition coefficient (Wildman–Crippen LogP) is 6.91. The number of anilines is 4. The third-order valence-corrected chi connectivity index (χ3v) is 4.79. The van der Waals surface area contributed by atoms with Crippen molar-refractivity contribution in [1.82, 2.24) is 4.98 Å². The van der Waals surface area contributed by atoms with Gasteiger partial charge in [-0.1, -0.05) is 29.3 Å². The Hall–Kier alpha value is -2.04. The van der Waals surface area contributed by atoms with Crippen LogP contribution in [0.5, 0.6) is 0 Å². The first-order valence-corrected chi connectivity index (χ1v) is 9.12. The van der Waals surface area contributed by atoms with Gasteiger partial charge >= 0.3 is 0 Å². The summed E-state index contributed by atoms with van der Waals surface area (Å²) in [6.45, 7) is 6.34. The summed E-state index contributed by atoms with van der Waals surface area (Å²) in [4.78, 5) is 4.43. The van der Waals surface area contributed by atoms with Crippen molar-refractivity contribution in [3.63, 3.8) is 0 Å². The number of nitrogens with zero attached hydrogens (tertiary/aromatic N) is 1. The van der Waals surface area contributed by atoms with E-state index in [-0.39, 0.29) is 0 Å². The van der Waals surface area contributed by atoms with E-state index in [9.17, 15) is 0 Å². The number of aromatic nitrogens is 1. The van der Waals surface area contributed by atoms with Crippen LogP contribution >= 0.6 is 27.5 Å². The van der Waals surface area contributed by atoms with Gasteiger partial charge in [0.2, 0.25) is 0 Å². The second-order valence-electron chi connectivity index (χ2n) is 6.08. The van der Waals surface area contributed by atoms with Crippen LogP contribution in [0.4, 0.5) is 22.9 Å². The van der Waals surface area contributed by atoms with Crippen LogP contribution in [0.25, 0.3) is 0 Å². The van der Waals surface area contributed by atoms with E-state index in [2.05, 4.69) is 64.5 Å². The molecule has 0 aliphatic heterocycles. The van der Waals surface area contributed by atoms with Gasteiger partial charge in [-0.25, -0.2) is 4.98 Å². The van der Waals surface area contributed by atoms with E-state index in [0.29, 0.717) is 5.02 Å². The number of halogens is 2. The number of hydrogen-bond donors (Lipinski definition) is 2. The zero-order valence-corrected chi connectivity index (χ0v) is 16.7. The molecule has 1 aromatic heterocycles. The van der Waals surface area contributed by atoms with Gasteiger partial charge in [0.25, 0.3) is 0 Å². The minimum Gasteiger partial charge on any atom is -0.354 e. The van der Waals surface area contributed by atoms with Gasteiger partial charge in [-0.3, -0.25) is 0 Å². The minimum absolute atomic E-state index is 0.710. The molecule has 0 amide bonds. The molecule has 3 rings (SSSR count). The molecular weight excluding hydrogens is 398 g/mol. The summed E-state index contributed by atoms with van der Waals surface area (Å²) in [5.41, 5.74) is 6.71. The molecule has 128 valence electrons. The quantitative estimate of drug-likeness (QED) is 0.485. The average molecular weight is 417 g/mol. The number of hydrogen-bond acceptors (Lipinski definition) is 3. The zero-order valence-electron chi connectivity index (χ0n) is 14.3. The van der Waals surface area contributed by atoms with Crippen molar-refractivity contribution in [1.29, 1.82) is 0 Å². The molecule has 0 bridgehead atoms. The lowest BCUT2D eigenvalue weighted by Gasteiger charge is -2.16. The number of nitrogens with one attached hydrogen (secondary N) is 2. The molecule has 25 heavy (non-hydrogen) atoms. The minimum atomic E-state index is 0.710. The van der Waals surface area contributed by atoms with E-state index in [1.807, 2.05) is 30.3 Å². The van der Waals surface area contributed by atoms with Crippen LogP contribution in [0, 0.1) is 20.8 Å². The Morgan fingerprint density at radius 3 is 2.20 bits per heavy atom. The lowest BCUT2D eigenvalue weighted by Crippen LogP contribution is -2.00. The van der Waals surface area contributed by atoms with Crippen LogP contribution in [-0.4, -0.2) is 4.98 Å². The highest BCUT2D eigenvalue weighted by Crippen LogP contribution is 2.32. The SMILES string of the molecule is Cc1cc(C)c(Nc2cc(Nc3ccc(Cl)cc3)ncc2Br)c(C)c1. The maximum absolute atomic E-state index is 5.93. The molecule has 0 radical (unpaired) electrons. The van der Waals surface area contributed by atoms with Crippen molar-refractivity contribution in [2.45, 2.75) is 20.8 Å². The molecule has 3 aromatic rings. The van der Waals surface area contributed by atoms with Gasteiger partial charge in [0, 0.05) is 28.7 Å². The lowest BCUT2D eigenvalue weighted by molar-refractivity contribution is 1.27. The van der Waals surface area contributed by atoms with Crippen LogP contribution in [0.1, 0.15) is 16.7 Å². The van der Waals surface area contributed by atoms with Crippen LogP contribution in [0.3, 0.4) is 0 Å². The maximum Gasteiger partial charge on any atom is 0.132 e. The van der Waals surface area contributed by atoms with E-state index in [4.69, 9.17) is 11.6 Å². The molecule has 0 unspecified atom stereocenters. The molecular formula is C20H19BrClN3. The fourth-order valence-corrected chi connectivity index (χ4v) is 3.24. The van der Waals surface area contributed by atoms with Crippen molar-refractivity contribution >= 4 is 50.4 Å². The van der Waals surface area contributed by atoms with Gasteiger partial charge in [-0.05, 0) is 72.1 Å². The van der Waals surface area contributed by atoms with Gasteiger partial charge < -0.3 is 10.6 Å². The number of rotatable bonds is 4. The molecule has 0 atom stereocenters. The van der Waals surface area contributed by atoms with E-state index >= 15 is 0 Å². The average Bonchev–Trinajstić information content (AvgIpc) is 2.55. The van der Waals surface area contributed by atoms with Gasteiger partial charge in [0.05, 0.1) is 10.2 Å². The molecule has 0 aliphatic rings. The van der Waals surface area contributed by atoms with Gasteiger partial charge in [0.1, 0.15) is 5.82 Å². The lowest BCUT2D eigenvalue weighted by atomic mass is 10.0. The molecule has 0 fully saturated rings. The van der Waals surface area contributed by atoms with Crippen molar-refractivity contribution in [3.8, 4) is 0 Å². The fourth-order valence-electron chi connectivity index (χ4n) is 2.80. The molecule has 3 nitrogen and oxygen atoms in total. The Morgan fingerprint density at radius 2 is 1.56 bits per heavy atom. The summed E-state index contributed by atoms with van der Waals surface area (Å²) in [5.74, 6) is 0.760. The Bertz CT molecular complexity index is 884. The van der Waals surface area contributed by atoms with Crippen LogP contribution in [-0.2, 0) is 0 Å². The molecule has 2 aromatic carbocycles. The molecule has 1 heterocycles. The van der Waals surface area contributed by atoms with Gasteiger partial charge in [0.15, 0.2) is 0 Å². The monoisotopic (exact) mass is 415 g/mol. The Balaban J connectivity index is 1.88. The molecule has 0 spiro atoms. The summed E-state index contributed by atoms with van der Waals surface area (Å²) in [5, 5.41) is 7.53.